The van der Waals surface area contributed by atoms with Crippen LogP contribution in [0.15, 0.2) is 59.5 Å². The first-order chi connectivity index (χ1) is 13.6. The van der Waals surface area contributed by atoms with E-state index in [1.807, 2.05) is 58.9 Å². The lowest BCUT2D eigenvalue weighted by atomic mass is 9.94. The lowest BCUT2D eigenvalue weighted by Crippen LogP contribution is -2.17. The number of aryl methyl sites for hydroxylation is 5. The Morgan fingerprint density at radius 3 is 1.93 bits per heavy atom. The summed E-state index contributed by atoms with van der Waals surface area (Å²) in [6.07, 6.45) is 0. The van der Waals surface area contributed by atoms with Gasteiger partial charge < -0.3 is 0 Å². The van der Waals surface area contributed by atoms with E-state index in [4.69, 9.17) is 0 Å². The molecule has 0 aliphatic carbocycles. The van der Waals surface area contributed by atoms with E-state index in [2.05, 4.69) is 6.07 Å². The highest BCUT2D eigenvalue weighted by Crippen LogP contribution is 2.38. The molecule has 0 N–H and O–H groups in total. The SMILES string of the molecule is Cc1ccc(S(=O)(=O)C(c2ccc(C)c(C)c2)c2cc(C)c(C)cc2C#N)cc1. The quantitative estimate of drug-likeness (QED) is 0.564. The third-order valence-electron chi connectivity index (χ3n) is 5.56. The minimum atomic E-state index is -3.77. The first kappa shape index (κ1) is 20.8. The molecule has 3 rings (SSSR count). The molecule has 0 aromatic heterocycles. The zero-order valence-electron chi connectivity index (χ0n) is 17.4. The third-order valence-corrected chi connectivity index (χ3v) is 7.64. The summed E-state index contributed by atoms with van der Waals surface area (Å²) in [5, 5.41) is 8.81. The zero-order valence-corrected chi connectivity index (χ0v) is 18.3. The molecule has 0 fully saturated rings. The van der Waals surface area contributed by atoms with Crippen molar-refractivity contribution in [3.05, 3.63) is 99.1 Å². The van der Waals surface area contributed by atoms with Crippen LogP contribution < -0.4 is 0 Å². The lowest BCUT2D eigenvalue weighted by molar-refractivity contribution is 0.589. The van der Waals surface area contributed by atoms with Gasteiger partial charge in [0.1, 0.15) is 5.25 Å². The average molecular weight is 404 g/mol. The van der Waals surface area contributed by atoms with Crippen LogP contribution in [0, 0.1) is 45.9 Å². The highest BCUT2D eigenvalue weighted by atomic mass is 32.2. The zero-order chi connectivity index (χ0) is 21.3. The summed E-state index contributed by atoms with van der Waals surface area (Å²) in [5.74, 6) is 0. The van der Waals surface area contributed by atoms with Gasteiger partial charge in [-0.05, 0) is 86.2 Å². The van der Waals surface area contributed by atoms with Gasteiger partial charge in [0, 0.05) is 0 Å². The summed E-state index contributed by atoms with van der Waals surface area (Å²) in [4.78, 5) is 0.258. The van der Waals surface area contributed by atoms with Crippen LogP contribution in [-0.4, -0.2) is 8.42 Å². The van der Waals surface area contributed by atoms with Gasteiger partial charge in [-0.15, -0.1) is 0 Å². The molecule has 1 atom stereocenters. The monoisotopic (exact) mass is 403 g/mol. The maximum Gasteiger partial charge on any atom is 0.189 e. The van der Waals surface area contributed by atoms with Crippen molar-refractivity contribution >= 4 is 9.84 Å². The molecular weight excluding hydrogens is 378 g/mol. The predicted octanol–water partition coefficient (Wildman–Crippen LogP) is 5.66. The van der Waals surface area contributed by atoms with Crippen LogP contribution in [-0.2, 0) is 9.84 Å². The molecule has 3 aromatic rings. The fourth-order valence-corrected chi connectivity index (χ4v) is 5.29. The topological polar surface area (TPSA) is 57.9 Å². The van der Waals surface area contributed by atoms with Crippen molar-refractivity contribution in [3.63, 3.8) is 0 Å². The highest BCUT2D eigenvalue weighted by Gasteiger charge is 2.33. The molecule has 4 heteroatoms. The van der Waals surface area contributed by atoms with Crippen LogP contribution in [0.25, 0.3) is 0 Å². The minimum Gasteiger partial charge on any atom is -0.223 e. The van der Waals surface area contributed by atoms with Crippen LogP contribution in [0.5, 0.6) is 0 Å². The van der Waals surface area contributed by atoms with E-state index in [9.17, 15) is 13.7 Å². The van der Waals surface area contributed by atoms with Gasteiger partial charge in [0.15, 0.2) is 9.84 Å². The van der Waals surface area contributed by atoms with E-state index < -0.39 is 15.1 Å². The number of hydrogen-bond acceptors (Lipinski definition) is 3. The molecule has 0 heterocycles. The number of nitriles is 1. The van der Waals surface area contributed by atoms with E-state index in [-0.39, 0.29) is 4.90 Å². The van der Waals surface area contributed by atoms with Crippen LogP contribution >= 0.6 is 0 Å². The van der Waals surface area contributed by atoms with Gasteiger partial charge >= 0.3 is 0 Å². The van der Waals surface area contributed by atoms with Crippen molar-refractivity contribution in [2.24, 2.45) is 0 Å². The van der Waals surface area contributed by atoms with Crippen molar-refractivity contribution in [3.8, 4) is 6.07 Å². The smallest absolute Gasteiger partial charge is 0.189 e. The first-order valence-electron chi connectivity index (χ1n) is 9.54. The maximum absolute atomic E-state index is 13.8. The van der Waals surface area contributed by atoms with Crippen LogP contribution in [0.3, 0.4) is 0 Å². The van der Waals surface area contributed by atoms with Gasteiger partial charge in [0.25, 0.3) is 0 Å². The predicted molar refractivity (Wildman–Crippen MR) is 117 cm³/mol. The Morgan fingerprint density at radius 1 is 0.759 bits per heavy atom. The van der Waals surface area contributed by atoms with E-state index in [1.165, 1.54) is 0 Å². The number of sulfone groups is 1. The van der Waals surface area contributed by atoms with Gasteiger partial charge in [-0.25, -0.2) is 8.42 Å². The first-order valence-corrected chi connectivity index (χ1v) is 11.1. The Hall–Kier alpha value is -2.90. The molecule has 0 saturated heterocycles. The van der Waals surface area contributed by atoms with E-state index in [0.717, 1.165) is 27.8 Å². The van der Waals surface area contributed by atoms with Crippen molar-refractivity contribution in [2.45, 2.75) is 44.8 Å². The second-order valence-corrected chi connectivity index (χ2v) is 9.75. The van der Waals surface area contributed by atoms with Crippen molar-refractivity contribution in [2.75, 3.05) is 0 Å². The molecule has 1 unspecified atom stereocenters. The largest absolute Gasteiger partial charge is 0.223 e. The molecule has 0 spiro atoms. The van der Waals surface area contributed by atoms with Gasteiger partial charge in [-0.1, -0.05) is 42.0 Å². The van der Waals surface area contributed by atoms with Gasteiger partial charge in [0.2, 0.25) is 0 Å². The van der Waals surface area contributed by atoms with Gasteiger partial charge in [0.05, 0.1) is 16.5 Å². The summed E-state index contributed by atoms with van der Waals surface area (Å²) in [7, 11) is -3.77. The number of nitrogens with zero attached hydrogens (tertiary/aromatic N) is 1. The van der Waals surface area contributed by atoms with Crippen LogP contribution in [0.2, 0.25) is 0 Å². The molecule has 3 aromatic carbocycles. The summed E-state index contributed by atoms with van der Waals surface area (Å²) in [6.45, 7) is 9.77. The molecule has 0 aliphatic heterocycles. The van der Waals surface area contributed by atoms with E-state index in [0.29, 0.717) is 16.7 Å². The molecule has 148 valence electrons. The van der Waals surface area contributed by atoms with E-state index in [1.54, 1.807) is 30.3 Å². The number of hydrogen-bond donors (Lipinski definition) is 0. The molecule has 29 heavy (non-hydrogen) atoms. The molecule has 0 aliphatic rings. The molecule has 0 bridgehead atoms. The Balaban J connectivity index is 2.34. The molecule has 0 radical (unpaired) electrons. The van der Waals surface area contributed by atoms with Crippen molar-refractivity contribution < 1.29 is 8.42 Å². The Morgan fingerprint density at radius 2 is 1.34 bits per heavy atom. The molecule has 0 saturated carbocycles. The van der Waals surface area contributed by atoms with Gasteiger partial charge in [-0.2, -0.15) is 5.26 Å². The standard InChI is InChI=1S/C25H25NO2S/c1-16-6-10-23(11-7-16)29(27,28)25(21-9-8-17(2)18(3)12-21)24-14-20(5)19(4)13-22(24)15-26/h6-14,25H,1-5H3. The maximum atomic E-state index is 13.8. The van der Waals surface area contributed by atoms with Crippen molar-refractivity contribution in [1.82, 2.24) is 0 Å². The fraction of sp³-hybridized carbons (Fsp3) is 0.240. The Kier molecular flexibility index (Phi) is 5.64. The highest BCUT2D eigenvalue weighted by molar-refractivity contribution is 7.92. The second kappa shape index (κ2) is 7.85. The van der Waals surface area contributed by atoms with Gasteiger partial charge in [-0.3, -0.25) is 0 Å². The fourth-order valence-electron chi connectivity index (χ4n) is 3.47. The number of benzene rings is 3. The summed E-state index contributed by atoms with van der Waals surface area (Å²) in [6, 6.07) is 18.4. The molecule has 3 nitrogen and oxygen atoms in total. The third kappa shape index (κ3) is 3.97. The van der Waals surface area contributed by atoms with E-state index >= 15 is 0 Å². The van der Waals surface area contributed by atoms with Crippen LogP contribution in [0.1, 0.15) is 49.8 Å². The van der Waals surface area contributed by atoms with Crippen LogP contribution in [0.4, 0.5) is 0 Å². The lowest BCUT2D eigenvalue weighted by Gasteiger charge is -2.22. The minimum absolute atomic E-state index is 0.258. The second-order valence-electron chi connectivity index (χ2n) is 7.72. The summed E-state index contributed by atoms with van der Waals surface area (Å²) < 4.78 is 27.6. The average Bonchev–Trinajstić information content (AvgIpc) is 2.67. The summed E-state index contributed by atoms with van der Waals surface area (Å²) in [5.41, 5.74) is 6.65. The normalized spacial score (nSPS) is 12.4. The Bertz CT molecular complexity index is 1220. The molecule has 0 amide bonds. The Labute approximate surface area is 173 Å². The van der Waals surface area contributed by atoms with Crippen molar-refractivity contribution in [1.29, 1.82) is 5.26 Å². The number of rotatable bonds is 4. The molecular formula is C25H25NO2S. The summed E-state index contributed by atoms with van der Waals surface area (Å²) >= 11 is 0.